The van der Waals surface area contributed by atoms with Gasteiger partial charge in [0, 0.05) is 12.2 Å². The summed E-state index contributed by atoms with van der Waals surface area (Å²) in [6, 6.07) is 8.79. The molecule has 6 heteroatoms. The van der Waals surface area contributed by atoms with Crippen LogP contribution in [0.25, 0.3) is 11.3 Å². The van der Waals surface area contributed by atoms with Crippen molar-refractivity contribution >= 4 is 5.97 Å². The first kappa shape index (κ1) is 14.1. The third kappa shape index (κ3) is 3.58. The van der Waals surface area contributed by atoms with Gasteiger partial charge in [-0.15, -0.1) is 0 Å². The number of benzene rings is 1. The Kier molecular flexibility index (Phi) is 4.73. The number of hydrogen-bond donors (Lipinski definition) is 2. The van der Waals surface area contributed by atoms with Gasteiger partial charge in [0.05, 0.1) is 12.3 Å². The summed E-state index contributed by atoms with van der Waals surface area (Å²) in [6.07, 6.45) is 0. The maximum atomic E-state index is 10.8. The molecule has 106 valence electrons. The quantitative estimate of drug-likeness (QED) is 0.757. The fraction of sp³-hybridized carbons (Fsp3) is 0.286. The molecule has 0 fully saturated rings. The van der Waals surface area contributed by atoms with Crippen molar-refractivity contribution in [1.82, 2.24) is 10.2 Å². The molecule has 0 saturated carbocycles. The molecule has 1 aromatic carbocycles. The normalized spacial score (nSPS) is 10.4. The number of hydrogen-bond acceptors (Lipinski definition) is 4. The molecule has 20 heavy (non-hydrogen) atoms. The summed E-state index contributed by atoms with van der Waals surface area (Å²) >= 11 is 0. The van der Waals surface area contributed by atoms with Crippen molar-refractivity contribution in [3.05, 3.63) is 36.0 Å². The molecule has 6 nitrogen and oxygen atoms in total. The molecular formula is C14H16N2O4. The highest BCUT2D eigenvalue weighted by Gasteiger charge is 2.09. The summed E-state index contributed by atoms with van der Waals surface area (Å²) < 4.78 is 10.7. The first-order chi connectivity index (χ1) is 9.70. The van der Waals surface area contributed by atoms with Crippen LogP contribution in [0.3, 0.4) is 0 Å². The molecule has 0 saturated heterocycles. The Bertz CT molecular complexity index is 563. The van der Waals surface area contributed by atoms with Crippen molar-refractivity contribution < 1.29 is 19.4 Å². The van der Waals surface area contributed by atoms with Crippen molar-refractivity contribution in [2.45, 2.75) is 6.92 Å². The number of aromatic amines is 1. The van der Waals surface area contributed by atoms with Crippen LogP contribution >= 0.6 is 0 Å². The Morgan fingerprint density at radius 1 is 1.30 bits per heavy atom. The van der Waals surface area contributed by atoms with Crippen molar-refractivity contribution in [2.24, 2.45) is 0 Å². The van der Waals surface area contributed by atoms with Crippen molar-refractivity contribution in [1.29, 1.82) is 0 Å². The average molecular weight is 276 g/mol. The van der Waals surface area contributed by atoms with E-state index in [1.807, 2.05) is 31.2 Å². The summed E-state index contributed by atoms with van der Waals surface area (Å²) in [5.41, 5.74) is 1.48. The van der Waals surface area contributed by atoms with Crippen LogP contribution in [0, 0.1) is 0 Å². The second kappa shape index (κ2) is 6.72. The molecule has 1 aromatic heterocycles. The molecule has 2 rings (SSSR count). The van der Waals surface area contributed by atoms with Gasteiger partial charge in [0.2, 0.25) is 0 Å². The van der Waals surface area contributed by atoms with Crippen molar-refractivity contribution in [3.63, 3.8) is 0 Å². The molecule has 0 atom stereocenters. The lowest BCUT2D eigenvalue weighted by Crippen LogP contribution is -2.06. The minimum absolute atomic E-state index is 0.0667. The van der Waals surface area contributed by atoms with E-state index in [4.69, 9.17) is 14.6 Å². The largest absolute Gasteiger partial charge is 0.491 e. The Morgan fingerprint density at radius 3 is 2.65 bits per heavy atom. The molecule has 0 aliphatic heterocycles. The fourth-order valence-corrected chi connectivity index (χ4v) is 1.66. The molecule has 0 aliphatic carbocycles. The molecule has 2 aromatic rings. The zero-order chi connectivity index (χ0) is 14.4. The highest BCUT2D eigenvalue weighted by atomic mass is 16.5. The smallest absolute Gasteiger partial charge is 0.353 e. The van der Waals surface area contributed by atoms with Gasteiger partial charge in [-0.25, -0.2) is 4.79 Å². The minimum Gasteiger partial charge on any atom is -0.491 e. The number of nitrogens with one attached hydrogen (secondary N) is 1. The maximum absolute atomic E-state index is 10.8. The molecule has 0 bridgehead atoms. The van der Waals surface area contributed by atoms with E-state index in [9.17, 15) is 4.79 Å². The van der Waals surface area contributed by atoms with Gasteiger partial charge in [-0.3, -0.25) is 5.10 Å². The van der Waals surface area contributed by atoms with Gasteiger partial charge in [0.15, 0.2) is 0 Å². The predicted octanol–water partition coefficient (Wildman–Crippen LogP) is 2.19. The zero-order valence-electron chi connectivity index (χ0n) is 11.1. The van der Waals surface area contributed by atoms with E-state index in [1.165, 1.54) is 6.07 Å². The molecular weight excluding hydrogens is 260 g/mol. The van der Waals surface area contributed by atoms with E-state index in [-0.39, 0.29) is 5.69 Å². The summed E-state index contributed by atoms with van der Waals surface area (Å²) in [4.78, 5) is 10.8. The number of carboxylic acids is 1. The van der Waals surface area contributed by atoms with Gasteiger partial charge in [0.1, 0.15) is 18.1 Å². The Labute approximate surface area is 116 Å². The Morgan fingerprint density at radius 2 is 2.05 bits per heavy atom. The van der Waals surface area contributed by atoms with Crippen LogP contribution in [0.5, 0.6) is 5.75 Å². The third-order valence-corrected chi connectivity index (χ3v) is 2.66. The standard InChI is InChI=1S/C14H16N2O4/c1-2-19-7-8-20-11-5-3-10(4-6-11)12-9-13(14(17)18)16-15-12/h3-6,9H,2,7-8H2,1H3,(H,15,16)(H,17,18). The third-order valence-electron chi connectivity index (χ3n) is 2.66. The Balaban J connectivity index is 1.98. The number of aromatic nitrogens is 2. The van der Waals surface area contributed by atoms with Gasteiger partial charge in [-0.2, -0.15) is 5.10 Å². The SMILES string of the molecule is CCOCCOc1ccc(-c2cc(C(=O)O)[nH]n2)cc1. The highest BCUT2D eigenvalue weighted by Crippen LogP contribution is 2.21. The van der Waals surface area contributed by atoms with Gasteiger partial charge in [-0.05, 0) is 37.3 Å². The second-order valence-electron chi connectivity index (χ2n) is 4.04. The minimum atomic E-state index is -1.03. The molecule has 2 N–H and O–H groups in total. The number of carboxylic acid groups (broad SMARTS) is 1. The van der Waals surface area contributed by atoms with Gasteiger partial charge >= 0.3 is 5.97 Å². The Hall–Kier alpha value is -2.34. The van der Waals surface area contributed by atoms with Gasteiger partial charge in [-0.1, -0.05) is 0 Å². The fourth-order valence-electron chi connectivity index (χ4n) is 1.66. The second-order valence-corrected chi connectivity index (χ2v) is 4.04. The van der Waals surface area contributed by atoms with Crippen molar-refractivity contribution in [3.8, 4) is 17.0 Å². The van der Waals surface area contributed by atoms with Crippen LogP contribution in [-0.4, -0.2) is 41.1 Å². The number of rotatable bonds is 7. The van der Waals surface area contributed by atoms with Gasteiger partial charge in [0.25, 0.3) is 0 Å². The highest BCUT2D eigenvalue weighted by molar-refractivity contribution is 5.86. The van der Waals surface area contributed by atoms with Crippen LogP contribution < -0.4 is 4.74 Å². The number of aromatic carboxylic acids is 1. The van der Waals surface area contributed by atoms with Crippen LogP contribution in [0.4, 0.5) is 0 Å². The number of carbonyl (C=O) groups is 1. The summed E-state index contributed by atoms with van der Waals surface area (Å²) in [5.74, 6) is -0.290. The summed E-state index contributed by atoms with van der Waals surface area (Å²) in [6.45, 7) is 3.66. The first-order valence-corrected chi connectivity index (χ1v) is 6.30. The lowest BCUT2D eigenvalue weighted by atomic mass is 10.1. The summed E-state index contributed by atoms with van der Waals surface area (Å²) in [7, 11) is 0. The van der Waals surface area contributed by atoms with Crippen LogP contribution in [-0.2, 0) is 4.74 Å². The molecule has 0 aliphatic rings. The van der Waals surface area contributed by atoms with E-state index in [2.05, 4.69) is 10.2 Å². The van der Waals surface area contributed by atoms with E-state index in [0.717, 1.165) is 11.3 Å². The van der Waals surface area contributed by atoms with Gasteiger partial charge < -0.3 is 14.6 Å². The topological polar surface area (TPSA) is 84.4 Å². The first-order valence-electron chi connectivity index (χ1n) is 6.30. The average Bonchev–Trinajstić information content (AvgIpc) is 2.94. The monoisotopic (exact) mass is 276 g/mol. The molecule has 1 heterocycles. The van der Waals surface area contributed by atoms with Crippen LogP contribution in [0.1, 0.15) is 17.4 Å². The van der Waals surface area contributed by atoms with E-state index < -0.39 is 5.97 Å². The predicted molar refractivity (Wildman–Crippen MR) is 73.0 cm³/mol. The van der Waals surface area contributed by atoms with Crippen LogP contribution in [0.2, 0.25) is 0 Å². The zero-order valence-corrected chi connectivity index (χ0v) is 11.1. The lowest BCUT2D eigenvalue weighted by Gasteiger charge is -2.06. The summed E-state index contributed by atoms with van der Waals surface area (Å²) in [5, 5.41) is 15.3. The molecule has 0 spiro atoms. The molecule has 0 amide bonds. The van der Waals surface area contributed by atoms with E-state index in [0.29, 0.717) is 25.5 Å². The number of ether oxygens (including phenoxy) is 2. The van der Waals surface area contributed by atoms with Crippen LogP contribution in [0.15, 0.2) is 30.3 Å². The van der Waals surface area contributed by atoms with E-state index in [1.54, 1.807) is 0 Å². The molecule has 0 unspecified atom stereocenters. The number of H-pyrrole nitrogens is 1. The lowest BCUT2D eigenvalue weighted by molar-refractivity contribution is 0.0690. The molecule has 0 radical (unpaired) electrons. The van der Waals surface area contributed by atoms with Crippen molar-refractivity contribution in [2.75, 3.05) is 19.8 Å². The maximum Gasteiger partial charge on any atom is 0.353 e. The van der Waals surface area contributed by atoms with E-state index >= 15 is 0 Å². The number of nitrogens with zero attached hydrogens (tertiary/aromatic N) is 1.